The summed E-state index contributed by atoms with van der Waals surface area (Å²) in [4.78, 5) is 18.7. The molecule has 0 radical (unpaired) electrons. The van der Waals surface area contributed by atoms with Crippen molar-refractivity contribution in [3.63, 3.8) is 0 Å². The van der Waals surface area contributed by atoms with Crippen LogP contribution < -0.4 is 26.1 Å². The number of aliphatic hydroxyl groups is 1. The first-order chi connectivity index (χ1) is 17.0. The molecule has 4 atom stereocenters. The van der Waals surface area contributed by atoms with Gasteiger partial charge in [0.25, 0.3) is 0 Å². The maximum absolute atomic E-state index is 13.0. The minimum atomic E-state index is -0.349. The zero-order valence-corrected chi connectivity index (χ0v) is 19.6. The van der Waals surface area contributed by atoms with Crippen LogP contribution in [0.2, 0.25) is 0 Å². The van der Waals surface area contributed by atoms with E-state index in [0.717, 1.165) is 11.3 Å². The Balaban J connectivity index is 1.43. The maximum Gasteiger partial charge on any atom is 0.244 e. The van der Waals surface area contributed by atoms with Crippen molar-refractivity contribution in [3.05, 3.63) is 42.1 Å². The number of aromatic nitrogens is 5. The van der Waals surface area contributed by atoms with Crippen molar-refractivity contribution in [2.24, 2.45) is 13.0 Å². The molecule has 2 aromatic heterocycles. The lowest BCUT2D eigenvalue weighted by molar-refractivity contribution is -0.131. The van der Waals surface area contributed by atoms with E-state index in [4.69, 9.17) is 4.74 Å². The van der Waals surface area contributed by atoms with E-state index in [1.54, 1.807) is 39.5 Å². The molecule has 0 saturated carbocycles. The molecule has 2 saturated heterocycles. The summed E-state index contributed by atoms with van der Waals surface area (Å²) in [5.74, 6) is 1.30. The van der Waals surface area contributed by atoms with Gasteiger partial charge in [-0.3, -0.25) is 15.1 Å². The highest BCUT2D eigenvalue weighted by Crippen LogP contribution is 2.37. The van der Waals surface area contributed by atoms with Gasteiger partial charge in [-0.2, -0.15) is 4.80 Å². The van der Waals surface area contributed by atoms with Crippen LogP contribution >= 0.6 is 0 Å². The van der Waals surface area contributed by atoms with Crippen LogP contribution in [0.25, 0.3) is 11.4 Å². The molecule has 0 aliphatic carbocycles. The van der Waals surface area contributed by atoms with Crippen molar-refractivity contribution in [2.45, 2.75) is 31.4 Å². The maximum atomic E-state index is 13.0. The monoisotopic (exact) mass is 480 g/mol. The van der Waals surface area contributed by atoms with Gasteiger partial charge in [0.2, 0.25) is 11.7 Å². The second kappa shape index (κ2) is 9.44. The Kier molecular flexibility index (Phi) is 6.19. The number of piperidine rings is 1. The standard InChI is InChI=1S/C22H28N10O3/c1-31-22(34)18-15(10-17(26-21(18)28-31)25-16-9-12(11-33)7-8-23-16)24-14-6-4-5-13(19(14)35-3)20-27-30-32(2)29-20/h4-9,15,17-18,21,24,26,28,33H,10-11H2,1-3H3,(H,23,25). The predicted molar refractivity (Wildman–Crippen MR) is 127 cm³/mol. The normalized spacial score (nSPS) is 23.8. The SMILES string of the molecule is COc1c(NC2CC(Nc3cc(CO)ccn3)NC3NN(C)C(=O)C23)cccc1-c1nnn(C)n1. The molecule has 35 heavy (non-hydrogen) atoms. The van der Waals surface area contributed by atoms with Gasteiger partial charge in [0.05, 0.1) is 50.3 Å². The van der Waals surface area contributed by atoms with Crippen LogP contribution in [0, 0.1) is 5.92 Å². The first kappa shape index (κ1) is 23.0. The van der Waals surface area contributed by atoms with E-state index in [0.29, 0.717) is 29.4 Å². The molecular weight excluding hydrogens is 452 g/mol. The van der Waals surface area contributed by atoms with E-state index >= 15 is 0 Å². The van der Waals surface area contributed by atoms with Crippen molar-refractivity contribution >= 4 is 17.4 Å². The fourth-order valence-corrected chi connectivity index (χ4v) is 4.67. The lowest BCUT2D eigenvalue weighted by atomic mass is 9.88. The number of para-hydroxylation sites is 1. The van der Waals surface area contributed by atoms with E-state index in [9.17, 15) is 9.90 Å². The molecule has 1 aromatic carbocycles. The molecule has 2 fully saturated rings. The summed E-state index contributed by atoms with van der Waals surface area (Å²) in [5, 5.41) is 33.7. The van der Waals surface area contributed by atoms with Crippen LogP contribution in [0.1, 0.15) is 12.0 Å². The molecular formula is C22H28N10O3. The Bertz CT molecular complexity index is 1220. The number of benzene rings is 1. The number of fused-ring (bicyclic) bond motifs is 1. The average Bonchev–Trinajstić information content (AvgIpc) is 3.41. The van der Waals surface area contributed by atoms with Gasteiger partial charge >= 0.3 is 0 Å². The van der Waals surface area contributed by atoms with Gasteiger partial charge in [-0.25, -0.2) is 10.4 Å². The third kappa shape index (κ3) is 4.48. The Hall–Kier alpha value is -3.81. The second-order valence-electron chi connectivity index (χ2n) is 8.58. The average molecular weight is 481 g/mol. The summed E-state index contributed by atoms with van der Waals surface area (Å²) in [6.07, 6.45) is 1.74. The van der Waals surface area contributed by atoms with Crippen LogP contribution in [-0.2, 0) is 18.4 Å². The third-order valence-corrected chi connectivity index (χ3v) is 6.25. The molecule has 1 amide bonds. The van der Waals surface area contributed by atoms with Gasteiger partial charge in [0.1, 0.15) is 5.82 Å². The number of methoxy groups -OCH3 is 1. The van der Waals surface area contributed by atoms with Gasteiger partial charge in [-0.15, -0.1) is 10.2 Å². The minimum Gasteiger partial charge on any atom is -0.494 e. The fraction of sp³-hybridized carbons (Fsp3) is 0.409. The number of amides is 1. The van der Waals surface area contributed by atoms with Crippen LogP contribution in [0.4, 0.5) is 11.5 Å². The molecule has 13 nitrogen and oxygen atoms in total. The van der Waals surface area contributed by atoms with E-state index in [2.05, 4.69) is 41.8 Å². The number of carbonyl (C=O) groups is 1. The molecule has 0 bridgehead atoms. The number of ether oxygens (including phenoxy) is 1. The summed E-state index contributed by atoms with van der Waals surface area (Å²) >= 11 is 0. The van der Waals surface area contributed by atoms with Gasteiger partial charge in [0.15, 0.2) is 5.75 Å². The number of anilines is 2. The summed E-state index contributed by atoms with van der Waals surface area (Å²) in [7, 11) is 5.01. The lowest BCUT2D eigenvalue weighted by Gasteiger charge is -2.39. The number of hydrogen-bond acceptors (Lipinski definition) is 11. The zero-order valence-electron chi connectivity index (χ0n) is 19.6. The number of hydrazine groups is 1. The highest BCUT2D eigenvalue weighted by atomic mass is 16.5. The van der Waals surface area contributed by atoms with Gasteiger partial charge in [0, 0.05) is 25.7 Å². The summed E-state index contributed by atoms with van der Waals surface area (Å²) in [6, 6.07) is 8.99. The molecule has 2 aliphatic heterocycles. The van der Waals surface area contributed by atoms with Crippen LogP contribution in [-0.4, -0.2) is 73.7 Å². The Morgan fingerprint density at radius 2 is 2.11 bits per heavy atom. The van der Waals surface area contributed by atoms with E-state index < -0.39 is 0 Å². The highest BCUT2D eigenvalue weighted by molar-refractivity contribution is 5.83. The lowest BCUT2D eigenvalue weighted by Crippen LogP contribution is -2.60. The predicted octanol–water partition coefficient (Wildman–Crippen LogP) is -0.0961. The Morgan fingerprint density at radius 1 is 1.26 bits per heavy atom. The smallest absolute Gasteiger partial charge is 0.244 e. The van der Waals surface area contributed by atoms with Crippen molar-refractivity contribution in [1.82, 2.24) is 40.9 Å². The third-order valence-electron chi connectivity index (χ3n) is 6.25. The second-order valence-corrected chi connectivity index (χ2v) is 8.58. The number of nitrogens with zero attached hydrogens (tertiary/aromatic N) is 6. The number of tetrazole rings is 1. The van der Waals surface area contributed by atoms with Crippen LogP contribution in [0.5, 0.6) is 5.75 Å². The van der Waals surface area contributed by atoms with Gasteiger partial charge in [-0.1, -0.05) is 6.07 Å². The molecule has 4 heterocycles. The molecule has 5 rings (SSSR count). The van der Waals surface area contributed by atoms with Gasteiger partial charge in [-0.05, 0) is 35.0 Å². The quantitative estimate of drug-likeness (QED) is 0.308. The highest BCUT2D eigenvalue weighted by Gasteiger charge is 2.48. The summed E-state index contributed by atoms with van der Waals surface area (Å²) < 4.78 is 5.73. The van der Waals surface area contributed by atoms with Crippen LogP contribution in [0.3, 0.4) is 0 Å². The number of pyridine rings is 1. The number of carbonyl (C=O) groups excluding carboxylic acids is 1. The molecule has 2 aliphatic rings. The Labute approximate surface area is 201 Å². The van der Waals surface area contributed by atoms with E-state index in [1.165, 1.54) is 9.81 Å². The zero-order chi connectivity index (χ0) is 24.5. The molecule has 3 aromatic rings. The van der Waals surface area contributed by atoms with Crippen molar-refractivity contribution in [1.29, 1.82) is 0 Å². The van der Waals surface area contributed by atoms with Crippen molar-refractivity contribution in [3.8, 4) is 17.1 Å². The number of rotatable bonds is 7. The molecule has 4 unspecified atom stereocenters. The molecule has 0 spiro atoms. The first-order valence-electron chi connectivity index (χ1n) is 11.3. The molecule has 184 valence electrons. The van der Waals surface area contributed by atoms with Crippen LogP contribution in [0.15, 0.2) is 36.5 Å². The largest absolute Gasteiger partial charge is 0.494 e. The summed E-state index contributed by atoms with van der Waals surface area (Å²) in [5.41, 5.74) is 5.39. The number of aliphatic hydroxyl groups excluding tert-OH is 1. The first-order valence-corrected chi connectivity index (χ1v) is 11.3. The van der Waals surface area contributed by atoms with Crippen molar-refractivity contribution < 1.29 is 14.6 Å². The topological polar surface area (TPSA) is 154 Å². The molecule has 5 N–H and O–H groups in total. The number of aryl methyl sites for hydroxylation is 1. The Morgan fingerprint density at radius 3 is 2.86 bits per heavy atom. The minimum absolute atomic E-state index is 0.00966. The fourth-order valence-electron chi connectivity index (χ4n) is 4.67. The number of nitrogens with one attached hydrogen (secondary N) is 4. The van der Waals surface area contributed by atoms with E-state index in [1.807, 2.05) is 18.2 Å². The number of hydrogen-bond donors (Lipinski definition) is 5. The van der Waals surface area contributed by atoms with E-state index in [-0.39, 0.29) is 36.8 Å². The van der Waals surface area contributed by atoms with Gasteiger partial charge < -0.3 is 20.5 Å². The summed E-state index contributed by atoms with van der Waals surface area (Å²) in [6.45, 7) is -0.0676. The van der Waals surface area contributed by atoms with Crippen molar-refractivity contribution in [2.75, 3.05) is 24.8 Å². The molecule has 13 heteroatoms.